The second-order valence-corrected chi connectivity index (χ2v) is 4.40. The van der Waals surface area contributed by atoms with Gasteiger partial charge < -0.3 is 10.8 Å². The molecule has 0 spiro atoms. The number of benzene rings is 1. The highest BCUT2D eigenvalue weighted by molar-refractivity contribution is 7.80. The van der Waals surface area contributed by atoms with E-state index in [-0.39, 0.29) is 11.8 Å². The Morgan fingerprint density at radius 2 is 1.78 bits per heavy atom. The van der Waals surface area contributed by atoms with Crippen LogP contribution in [-0.4, -0.2) is 28.1 Å². The van der Waals surface area contributed by atoms with E-state index in [0.717, 1.165) is 5.56 Å². The molecule has 0 radical (unpaired) electrons. The van der Waals surface area contributed by atoms with Crippen LogP contribution in [0.15, 0.2) is 49.6 Å². The maximum atomic E-state index is 9.31. The summed E-state index contributed by atoms with van der Waals surface area (Å²) in [6, 6.07) is 6.70. The molecular weight excluding hydrogens is 244 g/mol. The van der Waals surface area contributed by atoms with Crippen LogP contribution in [0.2, 0.25) is 0 Å². The first-order valence-electron chi connectivity index (χ1n) is 5.64. The summed E-state index contributed by atoms with van der Waals surface area (Å²) in [6.07, 6.45) is 3.60. The number of nitrogens with two attached hydrogens (primary N) is 1. The fourth-order valence-electron chi connectivity index (χ4n) is 1.83. The van der Waals surface area contributed by atoms with E-state index in [1.807, 2.05) is 12.1 Å². The Morgan fingerprint density at radius 1 is 1.28 bits per heavy atom. The summed E-state index contributed by atoms with van der Waals surface area (Å²) in [4.78, 5) is 2.46. The van der Waals surface area contributed by atoms with Crippen LogP contribution in [-0.2, 0) is 0 Å². The number of nitrogens with zero attached hydrogens (tertiary/aromatic N) is 1. The van der Waals surface area contributed by atoms with Gasteiger partial charge in [0.15, 0.2) is 0 Å². The lowest BCUT2D eigenvalue weighted by Gasteiger charge is -2.29. The van der Waals surface area contributed by atoms with E-state index in [1.165, 1.54) is 0 Å². The summed E-state index contributed by atoms with van der Waals surface area (Å²) in [6.45, 7) is 8.79. The van der Waals surface area contributed by atoms with Gasteiger partial charge in [-0.05, 0) is 17.7 Å². The maximum absolute atomic E-state index is 9.31. The molecule has 18 heavy (non-hydrogen) atoms. The molecule has 96 valence electrons. The average molecular weight is 262 g/mol. The summed E-state index contributed by atoms with van der Waals surface area (Å²) in [5.41, 5.74) is 6.78. The van der Waals surface area contributed by atoms with Crippen LogP contribution in [0.25, 0.3) is 0 Å². The molecule has 4 heteroatoms. The molecule has 0 aromatic heterocycles. The Morgan fingerprint density at radius 3 is 2.17 bits per heavy atom. The third kappa shape index (κ3) is 3.68. The predicted molar refractivity (Wildman–Crippen MR) is 79.6 cm³/mol. The third-order valence-electron chi connectivity index (χ3n) is 2.57. The largest absolute Gasteiger partial charge is 0.508 e. The number of rotatable bonds is 7. The lowest BCUT2D eigenvalue weighted by atomic mass is 10.0. The van der Waals surface area contributed by atoms with Crippen molar-refractivity contribution in [2.24, 2.45) is 5.73 Å². The maximum Gasteiger partial charge on any atom is 0.115 e. The standard InChI is InChI=1S/C14H18N2OS/c1-3-9-16(10-4-2)13(14(15)18)11-5-7-12(17)8-6-11/h3-8,13,17H,1-2,9-10H2,(H2,15,18). The highest BCUT2D eigenvalue weighted by Crippen LogP contribution is 2.23. The van der Waals surface area contributed by atoms with Crippen LogP contribution in [0.3, 0.4) is 0 Å². The van der Waals surface area contributed by atoms with Gasteiger partial charge >= 0.3 is 0 Å². The molecule has 3 nitrogen and oxygen atoms in total. The normalized spacial score (nSPS) is 12.1. The van der Waals surface area contributed by atoms with Gasteiger partial charge in [0.25, 0.3) is 0 Å². The van der Waals surface area contributed by atoms with Gasteiger partial charge in [0.2, 0.25) is 0 Å². The molecule has 0 aliphatic rings. The lowest BCUT2D eigenvalue weighted by molar-refractivity contribution is 0.301. The Kier molecular flexibility index (Phi) is 5.55. The summed E-state index contributed by atoms with van der Waals surface area (Å²) in [5, 5.41) is 9.31. The van der Waals surface area contributed by atoms with E-state index < -0.39 is 0 Å². The zero-order chi connectivity index (χ0) is 13.5. The van der Waals surface area contributed by atoms with Crippen molar-refractivity contribution in [2.75, 3.05) is 13.1 Å². The van der Waals surface area contributed by atoms with Crippen LogP contribution >= 0.6 is 12.2 Å². The average Bonchev–Trinajstić information content (AvgIpc) is 2.32. The fourth-order valence-corrected chi connectivity index (χ4v) is 2.11. The summed E-state index contributed by atoms with van der Waals surface area (Å²) in [7, 11) is 0. The van der Waals surface area contributed by atoms with Crippen molar-refractivity contribution in [2.45, 2.75) is 6.04 Å². The minimum atomic E-state index is -0.184. The van der Waals surface area contributed by atoms with Gasteiger partial charge in [0.1, 0.15) is 5.75 Å². The zero-order valence-corrected chi connectivity index (χ0v) is 11.1. The Labute approximate surface area is 113 Å². The van der Waals surface area contributed by atoms with Crippen LogP contribution in [0, 0.1) is 0 Å². The fraction of sp³-hybridized carbons (Fsp3) is 0.214. The van der Waals surface area contributed by atoms with E-state index in [1.54, 1.807) is 24.3 Å². The van der Waals surface area contributed by atoms with E-state index in [4.69, 9.17) is 18.0 Å². The molecule has 1 aromatic carbocycles. The number of hydrogen-bond donors (Lipinski definition) is 2. The predicted octanol–water partition coefficient (Wildman–Crippen LogP) is 2.39. The third-order valence-corrected chi connectivity index (χ3v) is 2.79. The quantitative estimate of drug-likeness (QED) is 0.585. The molecule has 0 saturated carbocycles. The van der Waals surface area contributed by atoms with Gasteiger partial charge in [0, 0.05) is 13.1 Å². The number of hydrogen-bond acceptors (Lipinski definition) is 3. The SMILES string of the molecule is C=CCN(CC=C)C(C(N)=S)c1ccc(O)cc1. The van der Waals surface area contributed by atoms with Crippen LogP contribution in [0.5, 0.6) is 5.75 Å². The van der Waals surface area contributed by atoms with Crippen LogP contribution in [0.4, 0.5) is 0 Å². The van der Waals surface area contributed by atoms with Gasteiger partial charge in [-0.25, -0.2) is 0 Å². The molecule has 1 rings (SSSR count). The second kappa shape index (κ2) is 6.93. The molecule has 0 heterocycles. The van der Waals surface area contributed by atoms with Gasteiger partial charge in [-0.2, -0.15) is 0 Å². The summed E-state index contributed by atoms with van der Waals surface area (Å²) >= 11 is 5.14. The Bertz CT molecular complexity index is 418. The first kappa shape index (κ1) is 14.4. The van der Waals surface area contributed by atoms with E-state index in [9.17, 15) is 5.11 Å². The number of aromatic hydroxyl groups is 1. The molecule has 0 amide bonds. The van der Waals surface area contributed by atoms with Crippen molar-refractivity contribution in [3.63, 3.8) is 0 Å². The molecule has 1 atom stereocenters. The minimum Gasteiger partial charge on any atom is -0.508 e. The van der Waals surface area contributed by atoms with Crippen molar-refractivity contribution >= 4 is 17.2 Å². The second-order valence-electron chi connectivity index (χ2n) is 3.93. The van der Waals surface area contributed by atoms with E-state index >= 15 is 0 Å². The molecule has 0 saturated heterocycles. The van der Waals surface area contributed by atoms with Crippen molar-refractivity contribution < 1.29 is 5.11 Å². The molecule has 0 bridgehead atoms. The van der Waals surface area contributed by atoms with Crippen LogP contribution < -0.4 is 5.73 Å². The molecule has 0 fully saturated rings. The Balaban J connectivity index is 3.06. The molecule has 1 aromatic rings. The topological polar surface area (TPSA) is 49.5 Å². The van der Waals surface area contributed by atoms with Crippen LogP contribution in [0.1, 0.15) is 11.6 Å². The molecule has 3 N–H and O–H groups in total. The molecule has 0 aliphatic heterocycles. The Hall–Kier alpha value is -1.65. The van der Waals surface area contributed by atoms with Crippen molar-refractivity contribution in [1.82, 2.24) is 4.90 Å². The highest BCUT2D eigenvalue weighted by Gasteiger charge is 2.21. The minimum absolute atomic E-state index is 0.184. The first-order valence-corrected chi connectivity index (χ1v) is 6.05. The van der Waals surface area contributed by atoms with E-state index in [0.29, 0.717) is 18.1 Å². The summed E-state index contributed by atoms with van der Waals surface area (Å²) in [5.74, 6) is 0.222. The van der Waals surface area contributed by atoms with Gasteiger partial charge in [-0.3, -0.25) is 4.90 Å². The van der Waals surface area contributed by atoms with Crippen molar-refractivity contribution in [3.05, 3.63) is 55.1 Å². The number of thiocarbonyl (C=S) groups is 1. The number of phenols is 1. The van der Waals surface area contributed by atoms with Crippen molar-refractivity contribution in [1.29, 1.82) is 0 Å². The first-order chi connectivity index (χ1) is 8.60. The molecule has 1 unspecified atom stereocenters. The van der Waals surface area contributed by atoms with E-state index in [2.05, 4.69) is 18.1 Å². The lowest BCUT2D eigenvalue weighted by Crippen LogP contribution is -2.37. The molecule has 0 aliphatic carbocycles. The van der Waals surface area contributed by atoms with Gasteiger partial charge in [-0.1, -0.05) is 36.5 Å². The smallest absolute Gasteiger partial charge is 0.115 e. The highest BCUT2D eigenvalue weighted by atomic mass is 32.1. The zero-order valence-electron chi connectivity index (χ0n) is 10.2. The number of phenolic OH excluding ortho intramolecular Hbond substituents is 1. The van der Waals surface area contributed by atoms with Gasteiger partial charge in [0.05, 0.1) is 11.0 Å². The molecular formula is C14H18N2OS. The summed E-state index contributed by atoms with van der Waals surface area (Å²) < 4.78 is 0. The van der Waals surface area contributed by atoms with Gasteiger partial charge in [-0.15, -0.1) is 13.2 Å². The van der Waals surface area contributed by atoms with Crippen molar-refractivity contribution in [3.8, 4) is 5.75 Å². The monoisotopic (exact) mass is 262 g/mol.